The average molecular weight is 314 g/mol. The van der Waals surface area contributed by atoms with E-state index in [-0.39, 0.29) is 17.1 Å². The molecule has 0 radical (unpaired) electrons. The number of aromatic nitrogens is 1. The third-order valence-electron chi connectivity index (χ3n) is 3.02. The van der Waals surface area contributed by atoms with Gasteiger partial charge in [-0.2, -0.15) is 5.10 Å². The predicted molar refractivity (Wildman–Crippen MR) is 83.6 cm³/mol. The van der Waals surface area contributed by atoms with Crippen LogP contribution in [0.25, 0.3) is 0 Å². The normalized spacial score (nSPS) is 11.0. The fourth-order valence-electron chi connectivity index (χ4n) is 1.81. The molecule has 0 saturated carbocycles. The number of nitro benzene ring substituents is 1. The van der Waals surface area contributed by atoms with Crippen LogP contribution >= 0.6 is 0 Å². The summed E-state index contributed by atoms with van der Waals surface area (Å²) >= 11 is 0. The number of nitro groups is 1. The topological polar surface area (TPSA) is 107 Å². The molecule has 0 aliphatic rings. The first-order chi connectivity index (χ1) is 11.0. The number of carbonyl (C=O) groups is 1. The second kappa shape index (κ2) is 7.12. The molecule has 0 aliphatic carbocycles. The number of hydrogen-bond donors (Lipinski definition) is 1. The molecule has 8 heteroatoms. The van der Waals surface area contributed by atoms with Crippen LogP contribution in [0.3, 0.4) is 0 Å². The van der Waals surface area contributed by atoms with Crippen LogP contribution in [0.15, 0.2) is 47.7 Å². The molecule has 2 aromatic rings. The van der Waals surface area contributed by atoms with E-state index in [1.54, 1.807) is 31.2 Å². The van der Waals surface area contributed by atoms with Crippen LogP contribution in [0, 0.1) is 10.1 Å². The largest absolute Gasteiger partial charge is 0.490 e. The maximum absolute atomic E-state index is 11.8. The average Bonchev–Trinajstić information content (AvgIpc) is 2.59. The fraction of sp³-hybridized carbons (Fsp3) is 0.133. The van der Waals surface area contributed by atoms with Gasteiger partial charge < -0.3 is 4.74 Å². The van der Waals surface area contributed by atoms with E-state index >= 15 is 0 Å². The number of benzene rings is 1. The molecule has 1 aromatic carbocycles. The molecule has 0 spiro atoms. The fourth-order valence-corrected chi connectivity index (χ4v) is 1.81. The smallest absolute Gasteiger partial charge is 0.311 e. The van der Waals surface area contributed by atoms with Gasteiger partial charge in [-0.25, -0.2) is 5.43 Å². The Morgan fingerprint density at radius 2 is 2.13 bits per heavy atom. The summed E-state index contributed by atoms with van der Waals surface area (Å²) in [5.41, 5.74) is 3.33. The Bertz CT molecular complexity index is 759. The van der Waals surface area contributed by atoms with Crippen LogP contribution < -0.4 is 10.2 Å². The lowest BCUT2D eigenvalue weighted by molar-refractivity contribution is -0.385. The Morgan fingerprint density at radius 1 is 1.35 bits per heavy atom. The maximum atomic E-state index is 11.8. The minimum atomic E-state index is -0.540. The highest BCUT2D eigenvalue weighted by atomic mass is 16.6. The Kier molecular flexibility index (Phi) is 4.98. The summed E-state index contributed by atoms with van der Waals surface area (Å²) in [6.45, 7) is 1.63. The van der Waals surface area contributed by atoms with Crippen LogP contribution in [-0.4, -0.2) is 28.6 Å². The standard InChI is InChI=1S/C15H14N4O4/c1-10(17-18-15(20)12-5-3-4-8-16-12)11-6-7-14(23-2)13(9-11)19(21)22/h3-9H,1-2H3,(H,18,20)/b17-10-. The molecule has 1 amide bonds. The summed E-state index contributed by atoms with van der Waals surface area (Å²) in [6, 6.07) is 9.38. The van der Waals surface area contributed by atoms with Gasteiger partial charge in [-0.15, -0.1) is 0 Å². The molecule has 23 heavy (non-hydrogen) atoms. The molecule has 0 aliphatic heterocycles. The first kappa shape index (κ1) is 16.1. The van der Waals surface area contributed by atoms with Crippen LogP contribution in [-0.2, 0) is 0 Å². The quantitative estimate of drug-likeness (QED) is 0.517. The van der Waals surface area contributed by atoms with Crippen molar-refractivity contribution in [1.82, 2.24) is 10.4 Å². The number of nitrogens with zero attached hydrogens (tertiary/aromatic N) is 3. The predicted octanol–water partition coefficient (Wildman–Crippen LogP) is 2.15. The van der Waals surface area contributed by atoms with Crippen molar-refractivity contribution in [3.05, 3.63) is 64.0 Å². The van der Waals surface area contributed by atoms with Gasteiger partial charge >= 0.3 is 5.69 Å². The van der Waals surface area contributed by atoms with E-state index in [4.69, 9.17) is 4.74 Å². The molecule has 0 atom stereocenters. The van der Waals surface area contributed by atoms with E-state index in [1.807, 2.05) is 0 Å². The zero-order valence-electron chi connectivity index (χ0n) is 12.5. The van der Waals surface area contributed by atoms with E-state index < -0.39 is 10.8 Å². The lowest BCUT2D eigenvalue weighted by atomic mass is 10.1. The Hall–Kier alpha value is -3.29. The van der Waals surface area contributed by atoms with Crippen molar-refractivity contribution < 1.29 is 14.5 Å². The molecule has 0 fully saturated rings. The van der Waals surface area contributed by atoms with E-state index in [0.29, 0.717) is 11.3 Å². The molecule has 0 bridgehead atoms. The van der Waals surface area contributed by atoms with Crippen molar-refractivity contribution in [2.24, 2.45) is 5.10 Å². The minimum Gasteiger partial charge on any atom is -0.490 e. The van der Waals surface area contributed by atoms with Crippen molar-refractivity contribution in [1.29, 1.82) is 0 Å². The lowest BCUT2D eigenvalue weighted by Crippen LogP contribution is -2.20. The third kappa shape index (κ3) is 3.88. The number of methoxy groups -OCH3 is 1. The molecular weight excluding hydrogens is 300 g/mol. The zero-order chi connectivity index (χ0) is 16.8. The van der Waals surface area contributed by atoms with Crippen LogP contribution in [0.1, 0.15) is 23.0 Å². The summed E-state index contributed by atoms with van der Waals surface area (Å²) in [5.74, 6) is -0.308. The van der Waals surface area contributed by atoms with Crippen molar-refractivity contribution in [2.45, 2.75) is 6.92 Å². The molecule has 0 unspecified atom stereocenters. The van der Waals surface area contributed by atoms with Crippen molar-refractivity contribution in [3.63, 3.8) is 0 Å². The second-order valence-corrected chi connectivity index (χ2v) is 4.50. The lowest BCUT2D eigenvalue weighted by Gasteiger charge is -2.05. The van der Waals surface area contributed by atoms with Crippen LogP contribution in [0.5, 0.6) is 5.75 Å². The Morgan fingerprint density at radius 3 is 2.74 bits per heavy atom. The van der Waals surface area contributed by atoms with E-state index in [0.717, 1.165) is 0 Å². The summed E-state index contributed by atoms with van der Waals surface area (Å²) < 4.78 is 4.94. The number of hydrazone groups is 1. The van der Waals surface area contributed by atoms with Crippen LogP contribution in [0.4, 0.5) is 5.69 Å². The highest BCUT2D eigenvalue weighted by Gasteiger charge is 2.16. The molecule has 1 heterocycles. The van der Waals surface area contributed by atoms with Gasteiger partial charge in [-0.05, 0) is 31.2 Å². The van der Waals surface area contributed by atoms with Gasteiger partial charge in [0.1, 0.15) is 5.69 Å². The van der Waals surface area contributed by atoms with Gasteiger partial charge in [-0.1, -0.05) is 6.07 Å². The number of rotatable bonds is 5. The van der Waals surface area contributed by atoms with E-state index in [1.165, 1.54) is 25.4 Å². The van der Waals surface area contributed by atoms with Crippen molar-refractivity contribution in [2.75, 3.05) is 7.11 Å². The number of nitrogens with one attached hydrogen (secondary N) is 1. The van der Waals surface area contributed by atoms with Crippen molar-refractivity contribution >= 4 is 17.3 Å². The highest BCUT2D eigenvalue weighted by Crippen LogP contribution is 2.27. The molecule has 1 aromatic heterocycles. The Balaban J connectivity index is 2.20. The number of ether oxygens (including phenoxy) is 1. The van der Waals surface area contributed by atoms with E-state index in [9.17, 15) is 14.9 Å². The molecule has 2 rings (SSSR count). The molecule has 0 saturated heterocycles. The van der Waals surface area contributed by atoms with Gasteiger partial charge in [-0.3, -0.25) is 19.9 Å². The zero-order valence-corrected chi connectivity index (χ0v) is 12.5. The van der Waals surface area contributed by atoms with Gasteiger partial charge in [0.2, 0.25) is 0 Å². The molecule has 1 N–H and O–H groups in total. The Labute approximate surface area is 132 Å². The second-order valence-electron chi connectivity index (χ2n) is 4.50. The summed E-state index contributed by atoms with van der Waals surface area (Å²) in [5, 5.41) is 15.0. The number of pyridine rings is 1. The summed E-state index contributed by atoms with van der Waals surface area (Å²) in [6.07, 6.45) is 1.50. The number of amides is 1. The van der Waals surface area contributed by atoms with E-state index in [2.05, 4.69) is 15.5 Å². The van der Waals surface area contributed by atoms with Gasteiger partial charge in [0, 0.05) is 17.8 Å². The first-order valence-electron chi connectivity index (χ1n) is 6.61. The molecular formula is C15H14N4O4. The molecule has 118 valence electrons. The summed E-state index contributed by atoms with van der Waals surface area (Å²) in [4.78, 5) is 26.2. The first-order valence-corrected chi connectivity index (χ1v) is 6.61. The third-order valence-corrected chi connectivity index (χ3v) is 3.02. The van der Waals surface area contributed by atoms with Crippen molar-refractivity contribution in [3.8, 4) is 5.75 Å². The van der Waals surface area contributed by atoms with Crippen LogP contribution in [0.2, 0.25) is 0 Å². The van der Waals surface area contributed by atoms with Gasteiger partial charge in [0.05, 0.1) is 17.7 Å². The number of carbonyl (C=O) groups excluding carboxylic acids is 1. The highest BCUT2D eigenvalue weighted by molar-refractivity contribution is 6.01. The summed E-state index contributed by atoms with van der Waals surface area (Å²) in [7, 11) is 1.36. The number of hydrogen-bond acceptors (Lipinski definition) is 6. The SMILES string of the molecule is COc1ccc(/C(C)=N\NC(=O)c2ccccn2)cc1[N+](=O)[O-]. The molecule has 8 nitrogen and oxygen atoms in total. The monoisotopic (exact) mass is 314 g/mol. The van der Waals surface area contributed by atoms with Gasteiger partial charge in [0.25, 0.3) is 5.91 Å². The maximum Gasteiger partial charge on any atom is 0.311 e. The van der Waals surface area contributed by atoms with Gasteiger partial charge in [0.15, 0.2) is 5.75 Å². The minimum absolute atomic E-state index is 0.157.